The SMILES string of the molecule is CN(C)S(=O)(=O)C[C@@H]1COC[C@H]1NC(=O)c1cccc(-c2cn[nH]c2)c1. The highest BCUT2D eigenvalue weighted by molar-refractivity contribution is 7.89. The highest BCUT2D eigenvalue weighted by Crippen LogP contribution is 2.20. The first kappa shape index (κ1) is 18.6. The third kappa shape index (κ3) is 4.12. The zero-order valence-electron chi connectivity index (χ0n) is 14.7. The molecule has 2 aromatic rings. The summed E-state index contributed by atoms with van der Waals surface area (Å²) in [5.74, 6) is -0.582. The van der Waals surface area contributed by atoms with Crippen LogP contribution in [0.15, 0.2) is 36.7 Å². The molecule has 8 nitrogen and oxygen atoms in total. The standard InChI is InChI=1S/C17H22N4O4S/c1-21(2)26(23,24)11-15-9-25-10-16(15)20-17(22)13-5-3-4-12(6-13)14-7-18-19-8-14/h3-8,15-16H,9-11H2,1-2H3,(H,18,19)(H,20,22)/t15-,16+/m0/s1. The summed E-state index contributed by atoms with van der Waals surface area (Å²) in [6.45, 7) is 0.619. The van der Waals surface area contributed by atoms with E-state index in [1.807, 2.05) is 6.07 Å². The topological polar surface area (TPSA) is 104 Å². The Hall–Kier alpha value is -2.23. The number of sulfonamides is 1. The van der Waals surface area contributed by atoms with E-state index in [1.165, 1.54) is 18.4 Å². The zero-order valence-corrected chi connectivity index (χ0v) is 15.5. The Morgan fingerprint density at radius 1 is 1.35 bits per heavy atom. The summed E-state index contributed by atoms with van der Waals surface area (Å²) in [5.41, 5.74) is 2.27. The van der Waals surface area contributed by atoms with Crippen LogP contribution < -0.4 is 5.32 Å². The van der Waals surface area contributed by atoms with Gasteiger partial charge in [0, 0.05) is 37.3 Å². The molecular weight excluding hydrogens is 356 g/mol. The number of nitrogens with zero attached hydrogens (tertiary/aromatic N) is 2. The van der Waals surface area contributed by atoms with Gasteiger partial charge in [-0.1, -0.05) is 12.1 Å². The zero-order chi connectivity index (χ0) is 18.7. The van der Waals surface area contributed by atoms with Gasteiger partial charge in [-0.05, 0) is 17.7 Å². The first-order chi connectivity index (χ1) is 12.4. The van der Waals surface area contributed by atoms with Crippen molar-refractivity contribution in [2.45, 2.75) is 6.04 Å². The van der Waals surface area contributed by atoms with Crippen LogP contribution in [0.25, 0.3) is 11.1 Å². The molecule has 1 fully saturated rings. The van der Waals surface area contributed by atoms with Gasteiger partial charge in [0.15, 0.2) is 0 Å². The Bertz CT molecular complexity index is 865. The molecule has 1 aliphatic heterocycles. The molecule has 3 rings (SSSR count). The van der Waals surface area contributed by atoms with Crippen LogP contribution in [0, 0.1) is 5.92 Å². The van der Waals surface area contributed by atoms with E-state index < -0.39 is 10.0 Å². The van der Waals surface area contributed by atoms with Gasteiger partial charge < -0.3 is 10.1 Å². The van der Waals surface area contributed by atoms with Gasteiger partial charge in [-0.3, -0.25) is 9.89 Å². The van der Waals surface area contributed by atoms with Gasteiger partial charge >= 0.3 is 0 Å². The van der Waals surface area contributed by atoms with Crippen molar-refractivity contribution in [3.63, 3.8) is 0 Å². The normalized spacial score (nSPS) is 20.4. The van der Waals surface area contributed by atoms with E-state index >= 15 is 0 Å². The van der Waals surface area contributed by atoms with Crippen LogP contribution in [0.2, 0.25) is 0 Å². The van der Waals surface area contributed by atoms with Crippen molar-refractivity contribution in [1.82, 2.24) is 19.8 Å². The summed E-state index contributed by atoms with van der Waals surface area (Å²) < 4.78 is 30.8. The maximum Gasteiger partial charge on any atom is 0.251 e. The van der Waals surface area contributed by atoms with Crippen molar-refractivity contribution >= 4 is 15.9 Å². The second-order valence-corrected chi connectivity index (χ2v) is 8.73. The molecule has 1 saturated heterocycles. The smallest absolute Gasteiger partial charge is 0.251 e. The largest absolute Gasteiger partial charge is 0.379 e. The van der Waals surface area contributed by atoms with Crippen LogP contribution in [0.1, 0.15) is 10.4 Å². The van der Waals surface area contributed by atoms with Gasteiger partial charge in [0.1, 0.15) is 0 Å². The maximum absolute atomic E-state index is 12.6. The first-order valence-corrected chi connectivity index (χ1v) is 9.86. The Labute approximate surface area is 152 Å². The molecule has 2 N–H and O–H groups in total. The molecule has 1 aromatic heterocycles. The van der Waals surface area contributed by atoms with Gasteiger partial charge in [-0.2, -0.15) is 5.10 Å². The molecule has 0 saturated carbocycles. The average molecular weight is 378 g/mol. The molecule has 0 radical (unpaired) electrons. The molecule has 0 bridgehead atoms. The van der Waals surface area contributed by atoms with Gasteiger partial charge in [0.2, 0.25) is 10.0 Å². The molecule has 0 spiro atoms. The van der Waals surface area contributed by atoms with Gasteiger partial charge in [-0.15, -0.1) is 0 Å². The summed E-state index contributed by atoms with van der Waals surface area (Å²) >= 11 is 0. The van der Waals surface area contributed by atoms with Crippen molar-refractivity contribution in [3.8, 4) is 11.1 Å². The molecule has 0 aliphatic carbocycles. The Kier molecular flexibility index (Phi) is 5.40. The number of amides is 1. The van der Waals surface area contributed by atoms with Crippen LogP contribution in [-0.4, -0.2) is 67.9 Å². The molecule has 1 aromatic carbocycles. The van der Waals surface area contributed by atoms with Crippen molar-refractivity contribution in [1.29, 1.82) is 0 Å². The number of H-pyrrole nitrogens is 1. The highest BCUT2D eigenvalue weighted by atomic mass is 32.2. The fourth-order valence-corrected chi connectivity index (χ4v) is 4.01. The van der Waals surface area contributed by atoms with E-state index in [0.717, 1.165) is 11.1 Å². The van der Waals surface area contributed by atoms with E-state index in [2.05, 4.69) is 15.5 Å². The summed E-state index contributed by atoms with van der Waals surface area (Å²) in [5, 5.41) is 9.56. The van der Waals surface area contributed by atoms with Crippen molar-refractivity contribution in [3.05, 3.63) is 42.2 Å². The Morgan fingerprint density at radius 3 is 2.85 bits per heavy atom. The molecule has 140 valence electrons. The lowest BCUT2D eigenvalue weighted by Gasteiger charge is -2.21. The third-order valence-electron chi connectivity index (χ3n) is 4.45. The number of carbonyl (C=O) groups excluding carboxylic acids is 1. The monoisotopic (exact) mass is 378 g/mol. The molecule has 9 heteroatoms. The number of benzene rings is 1. The molecule has 2 heterocycles. The number of nitrogens with one attached hydrogen (secondary N) is 2. The number of aromatic amines is 1. The minimum Gasteiger partial charge on any atom is -0.379 e. The van der Waals surface area contributed by atoms with Crippen LogP contribution in [0.5, 0.6) is 0 Å². The number of aromatic nitrogens is 2. The summed E-state index contributed by atoms with van der Waals surface area (Å²) in [6.07, 6.45) is 3.44. The second kappa shape index (κ2) is 7.56. The molecule has 1 aliphatic rings. The molecule has 26 heavy (non-hydrogen) atoms. The van der Waals surface area contributed by atoms with Crippen LogP contribution in [0.4, 0.5) is 0 Å². The molecule has 2 atom stereocenters. The maximum atomic E-state index is 12.6. The molecule has 0 unspecified atom stereocenters. The summed E-state index contributed by atoms with van der Waals surface area (Å²) in [6, 6.07) is 6.86. The fourth-order valence-electron chi connectivity index (χ4n) is 2.84. The first-order valence-electron chi connectivity index (χ1n) is 8.25. The fraction of sp³-hybridized carbons (Fsp3) is 0.412. The van der Waals surface area contributed by atoms with Crippen LogP contribution in [0.3, 0.4) is 0 Å². The van der Waals surface area contributed by atoms with Gasteiger partial charge in [-0.25, -0.2) is 12.7 Å². The Morgan fingerprint density at radius 2 is 2.15 bits per heavy atom. The number of hydrogen-bond acceptors (Lipinski definition) is 5. The van der Waals surface area contributed by atoms with Crippen LogP contribution >= 0.6 is 0 Å². The van der Waals surface area contributed by atoms with Gasteiger partial charge in [0.25, 0.3) is 5.91 Å². The van der Waals surface area contributed by atoms with Gasteiger partial charge in [0.05, 0.1) is 31.2 Å². The quantitative estimate of drug-likeness (QED) is 0.770. The second-order valence-electron chi connectivity index (χ2n) is 6.51. The molecule has 1 amide bonds. The van der Waals surface area contributed by atoms with E-state index in [4.69, 9.17) is 4.74 Å². The molecular formula is C17H22N4O4S. The summed E-state index contributed by atoms with van der Waals surface area (Å²) in [7, 11) is -0.359. The average Bonchev–Trinajstić information content (AvgIpc) is 3.27. The number of rotatable bonds is 6. The van der Waals surface area contributed by atoms with E-state index in [1.54, 1.807) is 30.6 Å². The van der Waals surface area contributed by atoms with Crippen LogP contribution in [-0.2, 0) is 14.8 Å². The van der Waals surface area contributed by atoms with E-state index in [-0.39, 0.29) is 23.6 Å². The number of hydrogen-bond donors (Lipinski definition) is 2. The summed E-state index contributed by atoms with van der Waals surface area (Å²) in [4.78, 5) is 12.6. The highest BCUT2D eigenvalue weighted by Gasteiger charge is 2.34. The third-order valence-corrected chi connectivity index (χ3v) is 6.41. The predicted octanol–water partition coefficient (Wildman–Crippen LogP) is 0.713. The van der Waals surface area contributed by atoms with Crippen molar-refractivity contribution < 1.29 is 17.9 Å². The number of ether oxygens (including phenoxy) is 1. The van der Waals surface area contributed by atoms with E-state index in [9.17, 15) is 13.2 Å². The minimum absolute atomic E-state index is 0.0555. The lowest BCUT2D eigenvalue weighted by molar-refractivity contribution is 0.0926. The van der Waals surface area contributed by atoms with Crippen molar-refractivity contribution in [2.75, 3.05) is 33.1 Å². The predicted molar refractivity (Wildman–Crippen MR) is 97.1 cm³/mol. The lowest BCUT2D eigenvalue weighted by atomic mass is 10.0. The van der Waals surface area contributed by atoms with E-state index in [0.29, 0.717) is 18.8 Å². The van der Waals surface area contributed by atoms with Crippen molar-refractivity contribution in [2.24, 2.45) is 5.92 Å². The number of carbonyl (C=O) groups is 1. The Balaban J connectivity index is 1.70. The lowest BCUT2D eigenvalue weighted by Crippen LogP contribution is -2.43. The minimum atomic E-state index is -3.36.